The molecular weight excluding hydrogens is 620 g/mol. The van der Waals surface area contributed by atoms with Crippen molar-refractivity contribution in [2.24, 2.45) is 11.8 Å². The lowest BCUT2D eigenvalue weighted by Crippen LogP contribution is -2.64. The van der Waals surface area contributed by atoms with Crippen LogP contribution in [0.1, 0.15) is 32.1 Å². The van der Waals surface area contributed by atoms with Crippen LogP contribution >= 0.6 is 0 Å². The number of hydrogen-bond acceptors (Lipinski definition) is 16. The Hall–Kier alpha value is -0.680. The summed E-state index contributed by atoms with van der Waals surface area (Å²) in [4.78, 5) is 0. The molecule has 5 aliphatic rings. The summed E-state index contributed by atoms with van der Waals surface area (Å²) < 4.78 is 39.6. The van der Waals surface area contributed by atoms with Gasteiger partial charge in [-0.05, 0) is 19.3 Å². The van der Waals surface area contributed by atoms with Gasteiger partial charge in [-0.1, -0.05) is 0 Å². The maximum atomic E-state index is 11.3. The molecule has 2 saturated carbocycles. The summed E-state index contributed by atoms with van der Waals surface area (Å²) in [6, 6.07) is 0. The maximum Gasteiger partial charge on any atom is 0.187 e. The fourth-order valence-electron chi connectivity index (χ4n) is 7.81. The Morgan fingerprint density at radius 2 is 1.11 bits per heavy atom. The third kappa shape index (κ3) is 7.27. The molecule has 17 heteroatoms. The second-order valence-electron chi connectivity index (χ2n) is 13.2. The van der Waals surface area contributed by atoms with Crippen LogP contribution in [0.2, 0.25) is 0 Å². The van der Waals surface area contributed by atoms with Gasteiger partial charge in [-0.15, -0.1) is 0 Å². The molecule has 3 heterocycles. The van der Waals surface area contributed by atoms with Gasteiger partial charge in [0.05, 0.1) is 43.5 Å². The molecule has 3 aliphatic heterocycles. The van der Waals surface area contributed by atoms with Crippen LogP contribution in [0.3, 0.4) is 0 Å². The Morgan fingerprint density at radius 1 is 0.587 bits per heavy atom. The molecule has 0 bridgehead atoms. The van der Waals surface area contributed by atoms with E-state index in [0.29, 0.717) is 12.8 Å². The highest BCUT2D eigenvalue weighted by Crippen LogP contribution is 2.43. The molecule has 268 valence electrons. The van der Waals surface area contributed by atoms with E-state index in [9.17, 15) is 51.1 Å². The van der Waals surface area contributed by atoms with Gasteiger partial charge in [-0.25, -0.2) is 0 Å². The molecule has 3 saturated heterocycles. The van der Waals surface area contributed by atoms with Crippen molar-refractivity contribution >= 4 is 0 Å². The van der Waals surface area contributed by atoms with E-state index in [-0.39, 0.29) is 25.2 Å². The normalized spacial score (nSPS) is 53.5. The van der Waals surface area contributed by atoms with Crippen molar-refractivity contribution in [3.05, 3.63) is 0 Å². The molecule has 2 aliphatic carbocycles. The molecule has 5 fully saturated rings. The average Bonchev–Trinajstić information content (AvgIpc) is 3.05. The van der Waals surface area contributed by atoms with E-state index in [4.69, 9.17) is 33.2 Å². The van der Waals surface area contributed by atoms with Crippen molar-refractivity contribution < 1.29 is 84.2 Å². The molecular formula is C29H51O17+. The van der Waals surface area contributed by atoms with Crippen LogP contribution in [0, 0.1) is 11.8 Å². The van der Waals surface area contributed by atoms with Gasteiger partial charge in [-0.2, -0.15) is 0 Å². The van der Waals surface area contributed by atoms with Crippen molar-refractivity contribution in [1.29, 1.82) is 0 Å². The largest absolute Gasteiger partial charge is 0.427 e. The van der Waals surface area contributed by atoms with Gasteiger partial charge in [0.1, 0.15) is 61.0 Å². The van der Waals surface area contributed by atoms with E-state index in [1.54, 1.807) is 0 Å². The zero-order chi connectivity index (χ0) is 33.4. The van der Waals surface area contributed by atoms with E-state index in [0.717, 1.165) is 0 Å². The fourth-order valence-corrected chi connectivity index (χ4v) is 7.81. The number of ether oxygens (including phenoxy) is 7. The third-order valence-electron chi connectivity index (χ3n) is 10.5. The Balaban J connectivity index is 1.36. The molecule has 46 heavy (non-hydrogen) atoms. The zero-order valence-corrected chi connectivity index (χ0v) is 25.9. The Labute approximate surface area is 266 Å². The Morgan fingerprint density at radius 3 is 1.61 bits per heavy atom. The highest BCUT2D eigenvalue weighted by atomic mass is 16.7. The zero-order valence-electron chi connectivity index (χ0n) is 25.9. The van der Waals surface area contributed by atoms with E-state index >= 15 is 0 Å². The minimum atomic E-state index is -1.65. The lowest BCUT2D eigenvalue weighted by molar-refractivity contribution is -0.363. The number of aliphatic hydroxyl groups excluding tert-OH is 10. The highest BCUT2D eigenvalue weighted by molar-refractivity contribution is 5.00. The number of fused-ring (bicyclic) bond motifs is 1. The molecule has 0 spiro atoms. The van der Waals surface area contributed by atoms with Crippen molar-refractivity contribution in [1.82, 2.24) is 0 Å². The van der Waals surface area contributed by atoms with Crippen LogP contribution in [0.4, 0.5) is 0 Å². The molecule has 0 aromatic carbocycles. The first-order valence-corrected chi connectivity index (χ1v) is 16.0. The SMILES string of the molecule is COC1CC(C2[OH+]C3CC(OC4OC(CO)C(O)C(O)C4O)CC(O)C3CC2OC2OC(CO)C(O)C(O)C2O)CC(OC)C1O. The van der Waals surface area contributed by atoms with Crippen LogP contribution in [-0.4, -0.2) is 193 Å². The molecule has 18 atom stereocenters. The van der Waals surface area contributed by atoms with Gasteiger partial charge >= 0.3 is 0 Å². The molecule has 0 radical (unpaired) electrons. The van der Waals surface area contributed by atoms with E-state index < -0.39 is 129 Å². The Bertz CT molecular complexity index is 945. The summed E-state index contributed by atoms with van der Waals surface area (Å²) in [6.07, 6.45) is -18.9. The predicted octanol–water partition coefficient (Wildman–Crippen LogP) is -5.40. The number of rotatable bonds is 9. The maximum absolute atomic E-state index is 11.3. The molecule has 18 unspecified atom stereocenters. The van der Waals surface area contributed by atoms with Crippen LogP contribution in [0.15, 0.2) is 0 Å². The lowest BCUT2D eigenvalue weighted by atomic mass is 9.72. The van der Waals surface area contributed by atoms with Crippen molar-refractivity contribution in [3.8, 4) is 0 Å². The topological polar surface area (TPSA) is 270 Å². The molecule has 0 aromatic rings. The first-order chi connectivity index (χ1) is 21.9. The van der Waals surface area contributed by atoms with Crippen molar-refractivity contribution in [3.63, 3.8) is 0 Å². The fraction of sp³-hybridized carbons (Fsp3) is 1.00. The third-order valence-corrected chi connectivity index (χ3v) is 10.5. The van der Waals surface area contributed by atoms with Gasteiger partial charge in [0.25, 0.3) is 0 Å². The molecule has 17 nitrogen and oxygen atoms in total. The summed E-state index contributed by atoms with van der Waals surface area (Å²) >= 11 is 0. The van der Waals surface area contributed by atoms with Crippen LogP contribution in [0.25, 0.3) is 0 Å². The quantitative estimate of drug-likeness (QED) is 0.103. The predicted molar refractivity (Wildman–Crippen MR) is 151 cm³/mol. The standard InChI is InChI=1S/C29H50O17/c1-40-15-3-10(4-16(41-2)20(15)33)27-17(44-29-26(39)24(37)22(35)19(9-31)46-29)7-12-13(32)5-11(6-14(12)43-27)42-28-25(38)23(36)21(34)18(8-30)45-28/h10-39H,3-9H2,1-2H3/p+1. The average molecular weight is 672 g/mol. The van der Waals surface area contributed by atoms with E-state index in [1.165, 1.54) is 14.2 Å². The van der Waals surface area contributed by atoms with Crippen molar-refractivity contribution in [2.75, 3.05) is 27.4 Å². The number of aliphatic hydroxyl groups is 12. The molecule has 11 N–H and O–H groups in total. The highest BCUT2D eigenvalue weighted by Gasteiger charge is 2.57. The summed E-state index contributed by atoms with van der Waals surface area (Å²) in [6.45, 7) is -1.25. The van der Waals surface area contributed by atoms with Gasteiger partial charge in [0, 0.05) is 33.0 Å². The van der Waals surface area contributed by atoms with Gasteiger partial charge < -0.3 is 84.2 Å². The molecule has 5 rings (SSSR count). The summed E-state index contributed by atoms with van der Waals surface area (Å²) in [5, 5.41) is 103. The van der Waals surface area contributed by atoms with Gasteiger partial charge in [0.15, 0.2) is 24.8 Å². The van der Waals surface area contributed by atoms with Crippen molar-refractivity contribution in [2.45, 2.75) is 142 Å². The summed E-state index contributed by atoms with van der Waals surface area (Å²) in [5.74, 6) is -0.704. The Kier molecular flexibility index (Phi) is 12.3. The minimum Gasteiger partial charge on any atom is -0.427 e. The van der Waals surface area contributed by atoms with Gasteiger partial charge in [0.2, 0.25) is 0 Å². The minimum absolute atomic E-state index is 0.107. The van der Waals surface area contributed by atoms with Crippen LogP contribution in [0.5, 0.6) is 0 Å². The second kappa shape index (κ2) is 15.5. The first-order valence-electron chi connectivity index (χ1n) is 16.0. The smallest absolute Gasteiger partial charge is 0.187 e. The monoisotopic (exact) mass is 671 g/mol. The van der Waals surface area contributed by atoms with Crippen LogP contribution < -0.4 is 0 Å². The summed E-state index contributed by atoms with van der Waals surface area (Å²) in [5.41, 5.74) is 0. The lowest BCUT2D eigenvalue weighted by Gasteiger charge is -2.50. The van der Waals surface area contributed by atoms with E-state index in [2.05, 4.69) is 0 Å². The second-order valence-corrected chi connectivity index (χ2v) is 13.2. The summed E-state index contributed by atoms with van der Waals surface area (Å²) in [7, 11) is 2.97. The van der Waals surface area contributed by atoms with Gasteiger partial charge in [-0.3, -0.25) is 0 Å². The number of methoxy groups -OCH3 is 2. The van der Waals surface area contributed by atoms with Crippen LogP contribution in [-0.2, 0) is 28.4 Å². The molecule has 0 amide bonds. The number of hydrogen-bond donors (Lipinski definition) is 10. The first kappa shape index (κ1) is 36.6. The molecule has 0 aromatic heterocycles. The van der Waals surface area contributed by atoms with E-state index in [1.807, 2.05) is 0 Å².